The van der Waals surface area contributed by atoms with Gasteiger partial charge >= 0.3 is 0 Å². The summed E-state index contributed by atoms with van der Waals surface area (Å²) in [6.45, 7) is 2.15. The second kappa shape index (κ2) is 8.43. The molecule has 25 heavy (non-hydrogen) atoms. The van der Waals surface area contributed by atoms with Crippen LogP contribution in [0, 0.1) is 0 Å². The van der Waals surface area contributed by atoms with Crippen molar-refractivity contribution in [3.05, 3.63) is 66.4 Å². The van der Waals surface area contributed by atoms with Gasteiger partial charge in [-0.25, -0.2) is 0 Å². The lowest BCUT2D eigenvalue weighted by molar-refractivity contribution is -0.118. The van der Waals surface area contributed by atoms with Gasteiger partial charge in [0.05, 0.1) is 5.52 Å². The lowest BCUT2D eigenvalue weighted by Gasteiger charge is -2.10. The van der Waals surface area contributed by atoms with Gasteiger partial charge in [0.2, 0.25) is 0 Å². The molecule has 0 aliphatic heterocycles. The fourth-order valence-electron chi connectivity index (χ4n) is 2.95. The van der Waals surface area contributed by atoms with Crippen LogP contribution in [0.15, 0.2) is 60.8 Å². The molecule has 3 aromatic rings. The number of aromatic nitrogens is 1. The summed E-state index contributed by atoms with van der Waals surface area (Å²) in [5.74, 6) is 0.328. The van der Waals surface area contributed by atoms with Crippen LogP contribution >= 0.6 is 0 Å². The first-order valence-corrected chi connectivity index (χ1v) is 8.97. The molecule has 0 saturated heterocycles. The van der Waals surface area contributed by atoms with E-state index in [1.165, 1.54) is 0 Å². The number of para-hydroxylation sites is 1. The third-order valence-electron chi connectivity index (χ3n) is 4.34. The summed E-state index contributed by atoms with van der Waals surface area (Å²) in [5.41, 5.74) is 4.10. The first kappa shape index (κ1) is 17.2. The Labute approximate surface area is 149 Å². The number of carbonyl (C=O) groups excluding carboxylic acids is 1. The van der Waals surface area contributed by atoms with Crippen LogP contribution in [0.3, 0.4) is 0 Å². The highest BCUT2D eigenvalue weighted by molar-refractivity contribution is 5.92. The summed E-state index contributed by atoms with van der Waals surface area (Å²) in [6.07, 6.45) is 6.32. The zero-order valence-electron chi connectivity index (χ0n) is 14.7. The van der Waals surface area contributed by atoms with Crippen molar-refractivity contribution in [2.24, 2.45) is 0 Å². The molecule has 2 aromatic carbocycles. The van der Waals surface area contributed by atoms with E-state index in [0.717, 1.165) is 47.1 Å². The Morgan fingerprint density at radius 1 is 1.00 bits per heavy atom. The van der Waals surface area contributed by atoms with Crippen molar-refractivity contribution in [1.82, 2.24) is 4.98 Å². The second-order valence-electron chi connectivity index (χ2n) is 6.37. The predicted octanol–water partition coefficient (Wildman–Crippen LogP) is 5.67. The number of Topliss-reactive ketones (excluding diaryl/α,β-unsaturated/α-hetero) is 1. The summed E-state index contributed by atoms with van der Waals surface area (Å²) >= 11 is 0. The zero-order chi connectivity index (χ0) is 17.5. The van der Waals surface area contributed by atoms with Crippen LogP contribution in [0.2, 0.25) is 0 Å². The van der Waals surface area contributed by atoms with Gasteiger partial charge in [0.15, 0.2) is 0 Å². The Hall–Kier alpha value is -2.68. The average Bonchev–Trinajstić information content (AvgIpc) is 2.64. The highest BCUT2D eigenvalue weighted by Gasteiger charge is 2.05. The van der Waals surface area contributed by atoms with E-state index in [2.05, 4.69) is 23.3 Å². The fourth-order valence-corrected chi connectivity index (χ4v) is 2.95. The predicted molar refractivity (Wildman–Crippen MR) is 104 cm³/mol. The molecule has 0 unspecified atom stereocenters. The highest BCUT2D eigenvalue weighted by Crippen LogP contribution is 2.25. The normalized spacial score (nSPS) is 10.8. The number of rotatable bonds is 8. The van der Waals surface area contributed by atoms with Gasteiger partial charge < -0.3 is 5.32 Å². The van der Waals surface area contributed by atoms with Crippen molar-refractivity contribution in [2.75, 3.05) is 5.32 Å². The lowest BCUT2D eigenvalue weighted by atomic mass is 10.0. The molecule has 0 fully saturated rings. The molecule has 3 nitrogen and oxygen atoms in total. The third kappa shape index (κ3) is 4.66. The van der Waals surface area contributed by atoms with Gasteiger partial charge in [-0.1, -0.05) is 50.1 Å². The Balaban J connectivity index is 1.65. The minimum absolute atomic E-state index is 0.328. The van der Waals surface area contributed by atoms with Crippen molar-refractivity contribution in [2.45, 2.75) is 39.0 Å². The van der Waals surface area contributed by atoms with E-state index in [1.807, 2.05) is 54.7 Å². The summed E-state index contributed by atoms with van der Waals surface area (Å²) in [5, 5.41) is 4.54. The van der Waals surface area contributed by atoms with Gasteiger partial charge in [0.25, 0.3) is 0 Å². The van der Waals surface area contributed by atoms with Crippen molar-refractivity contribution < 1.29 is 4.79 Å². The van der Waals surface area contributed by atoms with Crippen LogP contribution in [-0.4, -0.2) is 10.8 Å². The number of pyridine rings is 1. The smallest absolute Gasteiger partial charge is 0.137 e. The van der Waals surface area contributed by atoms with Crippen LogP contribution in [0.4, 0.5) is 11.4 Å². The molecule has 0 spiro atoms. The molecule has 1 aromatic heterocycles. The fraction of sp³-hybridized carbons (Fsp3) is 0.273. The van der Waals surface area contributed by atoms with E-state index in [1.54, 1.807) is 0 Å². The number of hydrogen-bond acceptors (Lipinski definition) is 3. The summed E-state index contributed by atoms with van der Waals surface area (Å²) in [6, 6.07) is 18.2. The quantitative estimate of drug-likeness (QED) is 0.540. The summed E-state index contributed by atoms with van der Waals surface area (Å²) in [4.78, 5) is 16.4. The monoisotopic (exact) mass is 332 g/mol. The molecule has 3 rings (SSSR count). The molecule has 0 radical (unpaired) electrons. The number of unbranched alkanes of at least 4 members (excludes halogenated alkanes) is 2. The van der Waals surface area contributed by atoms with Gasteiger partial charge in [-0.05, 0) is 36.2 Å². The van der Waals surface area contributed by atoms with Crippen molar-refractivity contribution in [3.8, 4) is 0 Å². The Morgan fingerprint density at radius 2 is 1.80 bits per heavy atom. The molecular weight excluding hydrogens is 308 g/mol. The Kier molecular flexibility index (Phi) is 5.78. The van der Waals surface area contributed by atoms with Crippen LogP contribution in [0.1, 0.15) is 38.2 Å². The van der Waals surface area contributed by atoms with Gasteiger partial charge in [-0.2, -0.15) is 0 Å². The van der Waals surface area contributed by atoms with Gasteiger partial charge in [-0.3, -0.25) is 9.78 Å². The summed E-state index contributed by atoms with van der Waals surface area (Å²) < 4.78 is 0. The molecule has 0 saturated carbocycles. The molecule has 1 heterocycles. The van der Waals surface area contributed by atoms with Crippen LogP contribution in [0.5, 0.6) is 0 Å². The molecule has 1 N–H and O–H groups in total. The Bertz CT molecular complexity index is 835. The minimum Gasteiger partial charge on any atom is -0.355 e. The maximum absolute atomic E-state index is 12.0. The standard InChI is InChI=1S/C22H24N2O/c1-2-3-4-7-19(25)16-17-10-12-18(13-11-17)24-22-14-15-23-21-9-6-5-8-20(21)22/h5-6,8-15H,2-4,7,16H2,1H3,(H,23,24). The van der Waals surface area contributed by atoms with Crippen LogP contribution in [-0.2, 0) is 11.2 Å². The number of nitrogens with one attached hydrogen (secondary N) is 1. The van der Waals surface area contributed by atoms with Crippen molar-refractivity contribution in [3.63, 3.8) is 0 Å². The first-order chi connectivity index (χ1) is 12.3. The van der Waals surface area contributed by atoms with Crippen LogP contribution in [0.25, 0.3) is 10.9 Å². The molecule has 3 heteroatoms. The number of hydrogen-bond donors (Lipinski definition) is 1. The number of fused-ring (bicyclic) bond motifs is 1. The van der Waals surface area contributed by atoms with Crippen molar-refractivity contribution in [1.29, 1.82) is 0 Å². The second-order valence-corrected chi connectivity index (χ2v) is 6.37. The molecule has 0 atom stereocenters. The van der Waals surface area contributed by atoms with E-state index in [0.29, 0.717) is 18.6 Å². The van der Waals surface area contributed by atoms with Gasteiger partial charge in [0.1, 0.15) is 5.78 Å². The van der Waals surface area contributed by atoms with E-state index < -0.39 is 0 Å². The number of anilines is 2. The largest absolute Gasteiger partial charge is 0.355 e. The zero-order valence-corrected chi connectivity index (χ0v) is 14.7. The van der Waals surface area contributed by atoms with Crippen LogP contribution < -0.4 is 5.32 Å². The average molecular weight is 332 g/mol. The maximum Gasteiger partial charge on any atom is 0.137 e. The van der Waals surface area contributed by atoms with Crippen molar-refractivity contribution >= 4 is 28.1 Å². The first-order valence-electron chi connectivity index (χ1n) is 8.97. The van der Waals surface area contributed by atoms with Gasteiger partial charge in [-0.15, -0.1) is 0 Å². The molecule has 0 amide bonds. The van der Waals surface area contributed by atoms with E-state index >= 15 is 0 Å². The topological polar surface area (TPSA) is 42.0 Å². The SMILES string of the molecule is CCCCCC(=O)Cc1ccc(Nc2ccnc3ccccc23)cc1. The number of carbonyl (C=O) groups is 1. The van der Waals surface area contributed by atoms with E-state index in [4.69, 9.17) is 0 Å². The molecule has 0 aliphatic carbocycles. The molecule has 0 aliphatic rings. The molecule has 128 valence electrons. The van der Waals surface area contributed by atoms with Gasteiger partial charge in [0, 0.05) is 35.8 Å². The third-order valence-corrected chi connectivity index (χ3v) is 4.34. The molecular formula is C22H24N2O. The maximum atomic E-state index is 12.0. The number of benzene rings is 2. The van der Waals surface area contributed by atoms with E-state index in [9.17, 15) is 4.79 Å². The van der Waals surface area contributed by atoms with E-state index in [-0.39, 0.29) is 0 Å². The molecule has 0 bridgehead atoms. The number of nitrogens with zero attached hydrogens (tertiary/aromatic N) is 1. The highest BCUT2D eigenvalue weighted by atomic mass is 16.1. The lowest BCUT2D eigenvalue weighted by Crippen LogP contribution is -2.02. The minimum atomic E-state index is 0.328. The number of ketones is 1. The summed E-state index contributed by atoms with van der Waals surface area (Å²) in [7, 11) is 0. The Morgan fingerprint density at radius 3 is 2.60 bits per heavy atom.